The van der Waals surface area contributed by atoms with E-state index in [1.54, 1.807) is 30.3 Å². The minimum Gasteiger partial charge on any atom is -0.714 e. The molecule has 1 aliphatic heterocycles. The molecule has 1 aliphatic rings. The van der Waals surface area contributed by atoms with Crippen LogP contribution in [0, 0.1) is 0 Å². The first kappa shape index (κ1) is 27.4. The molecule has 0 saturated carbocycles. The Hall–Kier alpha value is 0.346. The quantitative estimate of drug-likeness (QED) is 0.0635. The third-order valence-electron chi connectivity index (χ3n) is 3.88. The van der Waals surface area contributed by atoms with Gasteiger partial charge in [-0.2, -0.15) is 8.42 Å². The zero-order chi connectivity index (χ0) is 20.9. The van der Waals surface area contributed by atoms with E-state index in [9.17, 15) is 38.5 Å². The maximum Gasteiger partial charge on any atom is 1.00 e. The molecule has 6 atom stereocenters. The fraction of sp³-hybridized carbons (Fsp3) is 0.533. The normalized spacial score (nSPS) is 29.0. The van der Waals surface area contributed by atoms with E-state index in [4.69, 9.17) is 4.74 Å². The molecule has 0 aromatic heterocycles. The maximum atomic E-state index is 10.7. The molecule has 1 fully saturated rings. The number of hydrogen-bond acceptors (Lipinski definition) is 12. The van der Waals surface area contributed by atoms with Crippen LogP contribution in [-0.2, 0) is 19.4 Å². The topological polar surface area (TPSA) is 189 Å². The van der Waals surface area contributed by atoms with Crippen LogP contribution in [0.3, 0.4) is 0 Å². The number of aliphatic hydroxyl groups is 5. The predicted molar refractivity (Wildman–Crippen MR) is 95.6 cm³/mol. The van der Waals surface area contributed by atoms with Crippen LogP contribution in [0.4, 0.5) is 0 Å². The minimum atomic E-state index is -5.17. The Kier molecular flexibility index (Phi) is 11.7. The number of oxime groups is 1. The first-order valence-electron chi connectivity index (χ1n) is 8.04. The first-order chi connectivity index (χ1) is 13.1. The van der Waals surface area contributed by atoms with Gasteiger partial charge in [-0.1, -0.05) is 47.2 Å². The summed E-state index contributed by atoms with van der Waals surface area (Å²) in [5.41, 5.74) is -0.829. The van der Waals surface area contributed by atoms with Gasteiger partial charge in [-0.3, -0.25) is 4.28 Å². The molecule has 0 amide bonds. The molecule has 2 rings (SSSR count). The maximum absolute atomic E-state index is 10.7. The number of thioether (sulfide) groups is 1. The SMILES string of the molecule is O=S(=O)([O-])O/N=C(/C[C@H](O)c1ccccc1)S[C@@H]1O[C@H](CO)[C@@H](O)[C@H](O)[C@H]1O.[K+]. The smallest absolute Gasteiger partial charge is 0.714 e. The van der Waals surface area contributed by atoms with Gasteiger partial charge in [-0.05, 0) is 5.56 Å². The summed E-state index contributed by atoms with van der Waals surface area (Å²) in [4.78, 5) is 0. The van der Waals surface area contributed by atoms with Gasteiger partial charge < -0.3 is 34.8 Å². The van der Waals surface area contributed by atoms with Gasteiger partial charge in [0.15, 0.2) is 0 Å². The van der Waals surface area contributed by atoms with E-state index in [0.29, 0.717) is 17.3 Å². The Morgan fingerprint density at radius 3 is 2.38 bits per heavy atom. The Morgan fingerprint density at radius 2 is 1.83 bits per heavy atom. The summed E-state index contributed by atoms with van der Waals surface area (Å²) >= 11 is 0.570. The van der Waals surface area contributed by atoms with Crippen LogP contribution in [0.2, 0.25) is 0 Å². The fourth-order valence-electron chi connectivity index (χ4n) is 2.45. The van der Waals surface area contributed by atoms with Gasteiger partial charge >= 0.3 is 51.4 Å². The molecule has 14 heteroatoms. The molecule has 1 saturated heterocycles. The molecular formula is C15H20KNO10S2. The van der Waals surface area contributed by atoms with Crippen LogP contribution < -0.4 is 51.4 Å². The molecular weight excluding hydrogens is 457 g/mol. The summed E-state index contributed by atoms with van der Waals surface area (Å²) in [7, 11) is -5.17. The van der Waals surface area contributed by atoms with E-state index in [1.807, 2.05) is 0 Å². The summed E-state index contributed by atoms with van der Waals surface area (Å²) in [5.74, 6) is 0. The average molecular weight is 478 g/mol. The third kappa shape index (κ3) is 8.42. The second kappa shape index (κ2) is 12.4. The molecule has 1 heterocycles. The van der Waals surface area contributed by atoms with Crippen molar-refractivity contribution >= 4 is 27.2 Å². The molecule has 11 nitrogen and oxygen atoms in total. The molecule has 1 aromatic rings. The first-order valence-corrected chi connectivity index (χ1v) is 10.2. The second-order valence-corrected chi connectivity index (χ2v) is 8.05. The van der Waals surface area contributed by atoms with Crippen molar-refractivity contribution in [1.29, 1.82) is 0 Å². The molecule has 0 radical (unpaired) electrons. The van der Waals surface area contributed by atoms with Gasteiger partial charge in [0.1, 0.15) is 34.9 Å². The molecule has 0 aliphatic carbocycles. The minimum absolute atomic E-state index is 0. The van der Waals surface area contributed by atoms with Gasteiger partial charge in [0.25, 0.3) is 10.4 Å². The Bertz CT molecular complexity index is 764. The molecule has 0 spiro atoms. The van der Waals surface area contributed by atoms with Crippen molar-refractivity contribution in [3.8, 4) is 0 Å². The third-order valence-corrected chi connectivity index (χ3v) is 5.28. The van der Waals surface area contributed by atoms with Crippen molar-refractivity contribution in [2.75, 3.05) is 6.61 Å². The monoisotopic (exact) mass is 477 g/mol. The van der Waals surface area contributed by atoms with Crippen LogP contribution in [0.15, 0.2) is 35.5 Å². The predicted octanol–water partition coefficient (Wildman–Crippen LogP) is -4.56. The van der Waals surface area contributed by atoms with Gasteiger partial charge in [-0.25, -0.2) is 0 Å². The number of benzene rings is 1. The summed E-state index contributed by atoms with van der Waals surface area (Å²) in [5, 5.41) is 52.2. The summed E-state index contributed by atoms with van der Waals surface area (Å²) in [6.07, 6.45) is -7.53. The van der Waals surface area contributed by atoms with Crippen LogP contribution >= 0.6 is 11.8 Å². The Labute approximate surface area is 214 Å². The number of hydrogen-bond donors (Lipinski definition) is 5. The van der Waals surface area contributed by atoms with E-state index in [1.165, 1.54) is 0 Å². The molecule has 29 heavy (non-hydrogen) atoms. The number of aliphatic hydroxyl groups excluding tert-OH is 5. The molecule has 1 aromatic carbocycles. The van der Waals surface area contributed by atoms with Crippen LogP contribution in [-0.4, -0.2) is 80.0 Å². The van der Waals surface area contributed by atoms with Crippen molar-refractivity contribution in [3.05, 3.63) is 35.9 Å². The standard InChI is InChI=1S/C15H21NO10S2.K/c17-7-10-12(19)13(20)14(21)15(25-10)27-11(16-26-28(22,23)24)6-9(18)8-4-2-1-3-5-8;/h1-5,9-10,12-15,17-21H,6-7H2,(H,22,23,24);/q;+1/p-1/b16-11-;/t9-,10+,12+,13-,14+,15-;/m0./s1. The zero-order valence-corrected chi connectivity index (χ0v) is 20.1. The average Bonchev–Trinajstić information content (AvgIpc) is 2.66. The number of rotatable bonds is 7. The molecule has 158 valence electrons. The number of ether oxygens (including phenoxy) is 1. The van der Waals surface area contributed by atoms with Gasteiger partial charge in [0.05, 0.1) is 12.7 Å². The van der Waals surface area contributed by atoms with Crippen LogP contribution in [0.5, 0.6) is 0 Å². The second-order valence-electron chi connectivity index (χ2n) is 5.91. The van der Waals surface area contributed by atoms with Gasteiger partial charge in [-0.15, -0.1) is 0 Å². The van der Waals surface area contributed by atoms with Crippen LogP contribution in [0.1, 0.15) is 18.1 Å². The Balaban J connectivity index is 0.00000420. The van der Waals surface area contributed by atoms with E-state index >= 15 is 0 Å². The zero-order valence-electron chi connectivity index (χ0n) is 15.3. The van der Waals surface area contributed by atoms with Gasteiger partial charge in [0, 0.05) is 6.42 Å². The summed E-state index contributed by atoms with van der Waals surface area (Å²) < 4.78 is 41.3. The van der Waals surface area contributed by atoms with Crippen molar-refractivity contribution in [2.24, 2.45) is 5.16 Å². The van der Waals surface area contributed by atoms with E-state index in [-0.39, 0.29) is 62.8 Å². The summed E-state index contributed by atoms with van der Waals surface area (Å²) in [6, 6.07) is 8.26. The molecule has 0 unspecified atom stereocenters. The summed E-state index contributed by atoms with van der Waals surface area (Å²) in [6.45, 7) is -0.660. The number of nitrogens with zero attached hydrogens (tertiary/aromatic N) is 1. The van der Waals surface area contributed by atoms with E-state index in [2.05, 4.69) is 9.44 Å². The van der Waals surface area contributed by atoms with Crippen LogP contribution in [0.25, 0.3) is 0 Å². The van der Waals surface area contributed by atoms with E-state index in [0.717, 1.165) is 0 Å². The van der Waals surface area contributed by atoms with Crippen molar-refractivity contribution in [2.45, 2.75) is 42.4 Å². The molecule has 0 bridgehead atoms. The van der Waals surface area contributed by atoms with Crippen molar-refractivity contribution in [3.63, 3.8) is 0 Å². The Morgan fingerprint density at radius 1 is 1.21 bits per heavy atom. The van der Waals surface area contributed by atoms with Crippen molar-refractivity contribution < 1.29 is 98.9 Å². The van der Waals surface area contributed by atoms with Gasteiger partial charge in [0.2, 0.25) is 0 Å². The fourth-order valence-corrected chi connectivity index (χ4v) is 3.78. The van der Waals surface area contributed by atoms with E-state index < -0.39 is 53.0 Å². The molecule has 5 N–H and O–H groups in total. The largest absolute Gasteiger partial charge is 1.00 e. The van der Waals surface area contributed by atoms with Crippen molar-refractivity contribution in [1.82, 2.24) is 0 Å².